The van der Waals surface area contributed by atoms with E-state index in [2.05, 4.69) is 4.99 Å². The van der Waals surface area contributed by atoms with E-state index in [9.17, 15) is 9.59 Å². The van der Waals surface area contributed by atoms with E-state index < -0.39 is 6.04 Å². The van der Waals surface area contributed by atoms with Gasteiger partial charge in [-0.15, -0.1) is 0 Å². The summed E-state index contributed by atoms with van der Waals surface area (Å²) in [5, 5.41) is 0.565. The second-order valence-electron chi connectivity index (χ2n) is 7.49. The molecule has 7 heteroatoms. The Morgan fingerprint density at radius 1 is 0.844 bits per heavy atom. The first kappa shape index (κ1) is 20.3. The Kier molecular flexibility index (Phi) is 5.41. The maximum Gasteiger partial charge on any atom is 0.253 e. The Morgan fingerprint density at radius 3 is 2.16 bits per heavy atom. The predicted octanol–water partition coefficient (Wildman–Crippen LogP) is 4.41. The van der Waals surface area contributed by atoms with Gasteiger partial charge < -0.3 is 9.64 Å². The highest BCUT2D eigenvalue weighted by molar-refractivity contribution is 8.15. The first-order chi connectivity index (χ1) is 15.7. The third-order valence-corrected chi connectivity index (χ3v) is 6.56. The topological polar surface area (TPSA) is 62.2 Å². The standard InChI is InChI=1S/C25H21N3O3S/c1-31-20-14-12-19(13-15-20)27-22(17-8-4-2-5-9-17)23(24(27)30)28-21(29)16-32-25(28)26-18-10-6-3-7-11-18/h2-15,22-23H,16H2,1H3/t22-,23-/m1/s1. The molecule has 2 heterocycles. The number of para-hydroxylation sites is 1. The van der Waals surface area contributed by atoms with Crippen LogP contribution in [0.15, 0.2) is 89.9 Å². The maximum absolute atomic E-state index is 13.5. The molecule has 0 unspecified atom stereocenters. The number of aliphatic imine (C=N–C) groups is 1. The number of anilines is 1. The van der Waals surface area contributed by atoms with Gasteiger partial charge in [-0.25, -0.2) is 4.99 Å². The van der Waals surface area contributed by atoms with Gasteiger partial charge in [0.05, 0.1) is 24.6 Å². The highest BCUT2D eigenvalue weighted by atomic mass is 32.2. The molecule has 3 aromatic carbocycles. The lowest BCUT2D eigenvalue weighted by Gasteiger charge is -2.50. The first-order valence-corrected chi connectivity index (χ1v) is 11.3. The van der Waals surface area contributed by atoms with E-state index in [4.69, 9.17) is 4.74 Å². The van der Waals surface area contributed by atoms with Gasteiger partial charge in [-0.1, -0.05) is 60.3 Å². The Balaban J connectivity index is 1.54. The van der Waals surface area contributed by atoms with Crippen LogP contribution in [-0.2, 0) is 9.59 Å². The van der Waals surface area contributed by atoms with E-state index in [1.807, 2.05) is 84.9 Å². The summed E-state index contributed by atoms with van der Waals surface area (Å²) in [7, 11) is 1.61. The predicted molar refractivity (Wildman–Crippen MR) is 126 cm³/mol. The highest BCUT2D eigenvalue weighted by Gasteiger charge is 2.55. The molecule has 0 spiro atoms. The molecule has 0 saturated carbocycles. The monoisotopic (exact) mass is 443 g/mol. The minimum Gasteiger partial charge on any atom is -0.497 e. The fourth-order valence-corrected chi connectivity index (χ4v) is 5.00. The van der Waals surface area contributed by atoms with Crippen LogP contribution in [0.3, 0.4) is 0 Å². The molecule has 2 aliphatic heterocycles. The molecule has 2 aliphatic rings. The second-order valence-corrected chi connectivity index (χ2v) is 8.43. The lowest BCUT2D eigenvalue weighted by molar-refractivity contribution is -0.138. The summed E-state index contributed by atoms with van der Waals surface area (Å²) in [6, 6.07) is 25.7. The molecule has 0 bridgehead atoms. The Bertz CT molecular complexity index is 1170. The van der Waals surface area contributed by atoms with Crippen LogP contribution in [0, 0.1) is 0 Å². The number of carbonyl (C=O) groups excluding carboxylic acids is 2. The summed E-state index contributed by atoms with van der Waals surface area (Å²) in [5.74, 6) is 0.774. The number of methoxy groups -OCH3 is 1. The smallest absolute Gasteiger partial charge is 0.253 e. The number of β-lactam (4-membered cyclic amide) rings is 1. The minimum atomic E-state index is -0.635. The van der Waals surface area contributed by atoms with E-state index in [0.717, 1.165) is 22.7 Å². The molecule has 2 saturated heterocycles. The lowest BCUT2D eigenvalue weighted by Crippen LogP contribution is -2.67. The van der Waals surface area contributed by atoms with Crippen molar-refractivity contribution in [3.63, 3.8) is 0 Å². The van der Waals surface area contributed by atoms with Gasteiger partial charge in [0, 0.05) is 5.69 Å². The summed E-state index contributed by atoms with van der Waals surface area (Å²) in [6.07, 6.45) is 0. The third kappa shape index (κ3) is 3.54. The number of nitrogens with zero attached hydrogens (tertiary/aromatic N) is 3. The number of carbonyl (C=O) groups is 2. The molecule has 2 fully saturated rings. The van der Waals surface area contributed by atoms with E-state index in [0.29, 0.717) is 5.17 Å². The van der Waals surface area contributed by atoms with Crippen LogP contribution in [0.1, 0.15) is 11.6 Å². The fraction of sp³-hybridized carbons (Fsp3) is 0.160. The summed E-state index contributed by atoms with van der Waals surface area (Å²) in [6.45, 7) is 0. The number of rotatable bonds is 5. The van der Waals surface area contributed by atoms with Gasteiger partial charge in [0.25, 0.3) is 5.91 Å². The van der Waals surface area contributed by atoms with Crippen LogP contribution in [0.4, 0.5) is 11.4 Å². The fourth-order valence-electron chi connectivity index (χ4n) is 4.08. The zero-order valence-electron chi connectivity index (χ0n) is 17.4. The van der Waals surface area contributed by atoms with Crippen molar-refractivity contribution in [3.8, 4) is 5.75 Å². The zero-order valence-corrected chi connectivity index (χ0v) is 18.2. The zero-order chi connectivity index (χ0) is 22.1. The van der Waals surface area contributed by atoms with Gasteiger partial charge >= 0.3 is 0 Å². The molecule has 3 aromatic rings. The van der Waals surface area contributed by atoms with Crippen LogP contribution in [-0.4, -0.2) is 40.8 Å². The molecule has 2 amide bonds. The molecule has 0 aromatic heterocycles. The first-order valence-electron chi connectivity index (χ1n) is 10.3. The van der Waals surface area contributed by atoms with Crippen molar-refractivity contribution >= 4 is 40.1 Å². The van der Waals surface area contributed by atoms with Crippen molar-refractivity contribution in [1.82, 2.24) is 4.90 Å². The van der Waals surface area contributed by atoms with Gasteiger partial charge in [0.1, 0.15) is 11.8 Å². The van der Waals surface area contributed by atoms with Gasteiger partial charge in [0.15, 0.2) is 5.17 Å². The molecule has 2 atom stereocenters. The van der Waals surface area contributed by atoms with Crippen molar-refractivity contribution in [2.24, 2.45) is 4.99 Å². The van der Waals surface area contributed by atoms with E-state index in [-0.39, 0.29) is 23.6 Å². The Labute approximate surface area is 190 Å². The Morgan fingerprint density at radius 2 is 1.50 bits per heavy atom. The maximum atomic E-state index is 13.5. The normalized spacial score (nSPS) is 21.7. The van der Waals surface area contributed by atoms with Gasteiger partial charge in [-0.3, -0.25) is 14.5 Å². The number of amidine groups is 1. The van der Waals surface area contributed by atoms with Gasteiger partial charge in [0.2, 0.25) is 5.91 Å². The van der Waals surface area contributed by atoms with Crippen molar-refractivity contribution in [2.75, 3.05) is 17.8 Å². The molecular weight excluding hydrogens is 422 g/mol. The number of thioether (sulfide) groups is 1. The van der Waals surface area contributed by atoms with Crippen LogP contribution in [0.2, 0.25) is 0 Å². The second kappa shape index (κ2) is 8.51. The van der Waals surface area contributed by atoms with E-state index >= 15 is 0 Å². The molecule has 6 nitrogen and oxygen atoms in total. The van der Waals surface area contributed by atoms with Crippen LogP contribution in [0.5, 0.6) is 5.75 Å². The molecule has 32 heavy (non-hydrogen) atoms. The summed E-state index contributed by atoms with van der Waals surface area (Å²) >= 11 is 1.37. The number of hydrogen-bond donors (Lipinski definition) is 0. The average Bonchev–Trinajstić information content (AvgIpc) is 3.18. The average molecular weight is 444 g/mol. The number of benzene rings is 3. The largest absolute Gasteiger partial charge is 0.497 e. The molecule has 160 valence electrons. The lowest BCUT2D eigenvalue weighted by atomic mass is 9.86. The van der Waals surface area contributed by atoms with Gasteiger partial charge in [-0.05, 0) is 42.0 Å². The molecule has 0 N–H and O–H groups in total. The molecule has 0 aliphatic carbocycles. The number of amides is 2. The molecular formula is C25H21N3O3S. The van der Waals surface area contributed by atoms with Crippen molar-refractivity contribution in [1.29, 1.82) is 0 Å². The SMILES string of the molecule is COc1ccc(N2C(=O)[C@H](N3C(=O)CSC3=Nc3ccccc3)[C@H]2c2ccccc2)cc1. The minimum absolute atomic E-state index is 0.0988. The van der Waals surface area contributed by atoms with Crippen LogP contribution >= 0.6 is 11.8 Å². The van der Waals surface area contributed by atoms with Crippen LogP contribution in [0.25, 0.3) is 0 Å². The molecule has 0 radical (unpaired) electrons. The summed E-state index contributed by atoms with van der Waals surface area (Å²) in [4.78, 5) is 34.4. The summed E-state index contributed by atoms with van der Waals surface area (Å²) < 4.78 is 5.25. The number of hydrogen-bond acceptors (Lipinski definition) is 5. The van der Waals surface area contributed by atoms with Crippen molar-refractivity contribution < 1.29 is 14.3 Å². The Hall–Kier alpha value is -3.58. The number of ether oxygens (including phenoxy) is 1. The van der Waals surface area contributed by atoms with Gasteiger partial charge in [-0.2, -0.15) is 0 Å². The highest BCUT2D eigenvalue weighted by Crippen LogP contribution is 2.44. The quantitative estimate of drug-likeness (QED) is 0.548. The summed E-state index contributed by atoms with van der Waals surface area (Å²) in [5.41, 5.74) is 2.49. The van der Waals surface area contributed by atoms with Crippen molar-refractivity contribution in [2.45, 2.75) is 12.1 Å². The van der Waals surface area contributed by atoms with Crippen molar-refractivity contribution in [3.05, 3.63) is 90.5 Å². The van der Waals surface area contributed by atoms with E-state index in [1.54, 1.807) is 16.9 Å². The van der Waals surface area contributed by atoms with E-state index in [1.165, 1.54) is 11.8 Å². The third-order valence-electron chi connectivity index (χ3n) is 5.62. The molecule has 5 rings (SSSR count). The van der Waals surface area contributed by atoms with Crippen LogP contribution < -0.4 is 9.64 Å².